The van der Waals surface area contributed by atoms with Crippen LogP contribution in [0.3, 0.4) is 0 Å². The van der Waals surface area contributed by atoms with E-state index in [1.165, 1.54) is 0 Å². The maximum Gasteiger partial charge on any atom is 0.410 e. The van der Waals surface area contributed by atoms with Crippen LogP contribution in [0.2, 0.25) is 5.02 Å². The average molecular weight is 596 g/mol. The molecule has 2 aromatic heterocycles. The lowest BCUT2D eigenvalue weighted by molar-refractivity contribution is -0.0334. The van der Waals surface area contributed by atoms with Crippen LogP contribution in [0.1, 0.15) is 56.3 Å². The summed E-state index contributed by atoms with van der Waals surface area (Å²) in [5, 5.41) is 11.4. The van der Waals surface area contributed by atoms with Gasteiger partial charge in [-0.25, -0.2) is 14.6 Å². The first-order valence-corrected chi connectivity index (χ1v) is 15.0. The Balaban J connectivity index is 1.40. The fraction of sp³-hybridized carbons (Fsp3) is 0.516. The number of hydrogen-bond donors (Lipinski definition) is 2. The Labute approximate surface area is 250 Å². The van der Waals surface area contributed by atoms with E-state index in [1.54, 1.807) is 11.1 Å². The van der Waals surface area contributed by atoms with Gasteiger partial charge < -0.3 is 29.4 Å². The minimum absolute atomic E-state index is 0.0109. The SMILES string of the molecule is CC(C)(C)OC(=O)N1CCOC[C@H]1c1cc(-c2cnc3[nH]cc(Cl)c3c2)cc2c1CN(C(=O)N1CCC(O)CC1)CC2. The Bertz CT molecular complexity index is 1490. The van der Waals surface area contributed by atoms with Crippen LogP contribution in [0.5, 0.6) is 0 Å². The van der Waals surface area contributed by atoms with E-state index in [4.69, 9.17) is 21.1 Å². The fourth-order valence-electron chi connectivity index (χ4n) is 6.11. The summed E-state index contributed by atoms with van der Waals surface area (Å²) in [6, 6.07) is 5.91. The number of aliphatic hydroxyl groups is 1. The summed E-state index contributed by atoms with van der Waals surface area (Å²) in [5.41, 5.74) is 5.08. The molecule has 3 aliphatic heterocycles. The number of carbonyl (C=O) groups excluding carboxylic acids is 2. The van der Waals surface area contributed by atoms with Crippen LogP contribution in [-0.2, 0) is 22.4 Å². The number of likely N-dealkylation sites (tertiary alicyclic amines) is 1. The molecule has 0 spiro atoms. The number of aromatic amines is 1. The number of halogens is 1. The number of piperidine rings is 1. The number of fused-ring (bicyclic) bond motifs is 2. The molecule has 0 bridgehead atoms. The van der Waals surface area contributed by atoms with Gasteiger partial charge in [-0.3, -0.25) is 4.90 Å². The van der Waals surface area contributed by atoms with E-state index in [9.17, 15) is 14.7 Å². The van der Waals surface area contributed by atoms with E-state index in [0.717, 1.165) is 38.9 Å². The molecule has 6 rings (SSSR count). The van der Waals surface area contributed by atoms with Crippen LogP contribution in [0.4, 0.5) is 9.59 Å². The van der Waals surface area contributed by atoms with Gasteiger partial charge in [-0.05, 0) is 74.4 Å². The molecule has 0 unspecified atom stereocenters. The molecular weight excluding hydrogens is 558 g/mol. The number of urea groups is 1. The summed E-state index contributed by atoms with van der Waals surface area (Å²) < 4.78 is 11.7. The molecule has 3 aromatic rings. The number of ether oxygens (including phenoxy) is 2. The van der Waals surface area contributed by atoms with E-state index < -0.39 is 5.60 Å². The fourth-order valence-corrected chi connectivity index (χ4v) is 6.31. The lowest BCUT2D eigenvalue weighted by atomic mass is 9.87. The molecule has 3 amide bonds. The topological polar surface area (TPSA) is 111 Å². The van der Waals surface area contributed by atoms with Gasteiger partial charge in [-0.2, -0.15) is 0 Å². The standard InChI is InChI=1S/C31H38ClN5O5/c1-31(2,3)42-30(40)37-10-11-41-18-27(37)23-13-20(21-14-24-26(32)16-34-28(24)33-15-21)12-19-4-7-36(17-25(19)23)29(39)35-8-5-22(38)6-9-35/h12-16,22,27,38H,4-11,17-18H2,1-3H3,(H,33,34)/t27-/m0/s1. The number of nitrogens with one attached hydrogen (secondary N) is 1. The second kappa shape index (κ2) is 11.4. The third-order valence-corrected chi connectivity index (χ3v) is 8.62. The molecule has 1 aromatic carbocycles. The quantitative estimate of drug-likeness (QED) is 0.425. The molecule has 3 aliphatic rings. The highest BCUT2D eigenvalue weighted by molar-refractivity contribution is 6.35. The van der Waals surface area contributed by atoms with E-state index in [1.807, 2.05) is 42.8 Å². The van der Waals surface area contributed by atoms with E-state index >= 15 is 0 Å². The zero-order chi connectivity index (χ0) is 29.6. The van der Waals surface area contributed by atoms with Gasteiger partial charge in [0.25, 0.3) is 0 Å². The minimum atomic E-state index is -0.636. The van der Waals surface area contributed by atoms with Gasteiger partial charge in [0.1, 0.15) is 11.2 Å². The largest absolute Gasteiger partial charge is 0.444 e. The predicted molar refractivity (Wildman–Crippen MR) is 159 cm³/mol. The van der Waals surface area contributed by atoms with Crippen molar-refractivity contribution in [3.8, 4) is 11.1 Å². The number of amides is 3. The molecular formula is C31H38ClN5O5. The average Bonchev–Trinajstić information content (AvgIpc) is 3.35. The zero-order valence-corrected chi connectivity index (χ0v) is 25.1. The molecule has 1 atom stereocenters. The maximum atomic E-state index is 13.5. The van der Waals surface area contributed by atoms with Crippen LogP contribution < -0.4 is 0 Å². The summed E-state index contributed by atoms with van der Waals surface area (Å²) in [4.78, 5) is 40.1. The Hall–Kier alpha value is -3.34. The molecule has 0 aliphatic carbocycles. The van der Waals surface area contributed by atoms with E-state index in [-0.39, 0.29) is 24.3 Å². The third kappa shape index (κ3) is 5.80. The summed E-state index contributed by atoms with van der Waals surface area (Å²) in [6.45, 7) is 8.87. The number of aromatic nitrogens is 2. The Morgan fingerprint density at radius 3 is 2.64 bits per heavy atom. The first-order chi connectivity index (χ1) is 20.1. The second-order valence-electron chi connectivity index (χ2n) is 12.4. The molecule has 2 N–H and O–H groups in total. The number of H-pyrrole nitrogens is 1. The number of carbonyl (C=O) groups is 2. The Kier molecular flexibility index (Phi) is 7.80. The van der Waals surface area contributed by atoms with Gasteiger partial charge in [-0.15, -0.1) is 0 Å². The number of morpholine rings is 1. The number of benzene rings is 1. The number of rotatable bonds is 2. The van der Waals surface area contributed by atoms with Crippen LogP contribution >= 0.6 is 11.6 Å². The molecule has 0 radical (unpaired) electrons. The lowest BCUT2D eigenvalue weighted by Crippen LogP contribution is -2.49. The summed E-state index contributed by atoms with van der Waals surface area (Å²) in [5.74, 6) is 0. The van der Waals surface area contributed by atoms with E-state index in [2.05, 4.69) is 22.1 Å². The van der Waals surface area contributed by atoms with Gasteiger partial charge in [0.05, 0.1) is 30.4 Å². The van der Waals surface area contributed by atoms with Crippen LogP contribution in [0, 0.1) is 0 Å². The predicted octanol–water partition coefficient (Wildman–Crippen LogP) is 5.13. The van der Waals surface area contributed by atoms with Crippen molar-refractivity contribution in [2.24, 2.45) is 0 Å². The second-order valence-corrected chi connectivity index (χ2v) is 12.8. The van der Waals surface area contributed by atoms with Crippen LogP contribution in [0.15, 0.2) is 30.6 Å². The molecule has 224 valence electrons. The molecule has 2 fully saturated rings. The van der Waals surface area contributed by atoms with Gasteiger partial charge in [0.2, 0.25) is 0 Å². The van der Waals surface area contributed by atoms with Crippen LogP contribution in [0.25, 0.3) is 22.2 Å². The van der Waals surface area contributed by atoms with Crippen molar-refractivity contribution in [1.82, 2.24) is 24.7 Å². The van der Waals surface area contributed by atoms with Crippen molar-refractivity contribution in [3.05, 3.63) is 52.3 Å². The van der Waals surface area contributed by atoms with Crippen LogP contribution in [-0.4, -0.2) is 93.0 Å². The summed E-state index contributed by atoms with van der Waals surface area (Å²) in [6.07, 6.45) is 4.70. The number of aliphatic hydroxyl groups excluding tert-OH is 1. The van der Waals surface area contributed by atoms with Gasteiger partial charge in [0, 0.05) is 56.1 Å². The molecule has 5 heterocycles. The molecule has 11 heteroatoms. The normalized spacial score (nSPS) is 20.1. The van der Waals surface area contributed by atoms with Crippen molar-refractivity contribution >= 4 is 34.8 Å². The minimum Gasteiger partial charge on any atom is -0.444 e. The van der Waals surface area contributed by atoms with Gasteiger partial charge in [-0.1, -0.05) is 17.7 Å². The van der Waals surface area contributed by atoms with Crippen molar-refractivity contribution in [2.75, 3.05) is 39.4 Å². The highest BCUT2D eigenvalue weighted by atomic mass is 35.5. The molecule has 0 saturated carbocycles. The summed E-state index contributed by atoms with van der Waals surface area (Å²) in [7, 11) is 0. The lowest BCUT2D eigenvalue weighted by Gasteiger charge is -2.40. The summed E-state index contributed by atoms with van der Waals surface area (Å²) >= 11 is 6.42. The van der Waals surface area contributed by atoms with Crippen molar-refractivity contribution in [3.63, 3.8) is 0 Å². The molecule has 2 saturated heterocycles. The van der Waals surface area contributed by atoms with Gasteiger partial charge >= 0.3 is 12.1 Å². The molecule has 42 heavy (non-hydrogen) atoms. The molecule has 10 nitrogen and oxygen atoms in total. The van der Waals surface area contributed by atoms with Crippen molar-refractivity contribution < 1.29 is 24.2 Å². The maximum absolute atomic E-state index is 13.5. The first kappa shape index (κ1) is 28.8. The Morgan fingerprint density at radius 2 is 1.88 bits per heavy atom. The Morgan fingerprint density at radius 1 is 1.10 bits per heavy atom. The number of pyridine rings is 1. The van der Waals surface area contributed by atoms with E-state index in [0.29, 0.717) is 70.2 Å². The highest BCUT2D eigenvalue weighted by Crippen LogP contribution is 2.38. The van der Waals surface area contributed by atoms with Crippen molar-refractivity contribution in [1.29, 1.82) is 0 Å². The smallest absolute Gasteiger partial charge is 0.410 e. The van der Waals surface area contributed by atoms with Gasteiger partial charge in [0.15, 0.2) is 0 Å². The van der Waals surface area contributed by atoms with Crippen molar-refractivity contribution in [2.45, 2.75) is 64.3 Å². The third-order valence-electron chi connectivity index (χ3n) is 8.31. The zero-order valence-electron chi connectivity index (χ0n) is 24.4. The highest BCUT2D eigenvalue weighted by Gasteiger charge is 2.36. The number of hydrogen-bond acceptors (Lipinski definition) is 6. The monoisotopic (exact) mass is 595 g/mol. The first-order valence-electron chi connectivity index (χ1n) is 14.7. The number of nitrogens with zero attached hydrogens (tertiary/aromatic N) is 4.